The number of rotatable bonds is 4. The van der Waals surface area contributed by atoms with Gasteiger partial charge >= 0.3 is 12.1 Å². The number of nitrogens with one attached hydrogen (secondary N) is 1. The normalized spacial score (nSPS) is 9.56. The summed E-state index contributed by atoms with van der Waals surface area (Å²) >= 11 is 0. The fourth-order valence-corrected chi connectivity index (χ4v) is 1.00. The van der Waals surface area contributed by atoms with Crippen LogP contribution in [0, 0.1) is 0 Å². The highest BCUT2D eigenvalue weighted by atomic mass is 16.5. The molecule has 7 nitrogen and oxygen atoms in total. The zero-order valence-corrected chi connectivity index (χ0v) is 8.64. The number of ether oxygens (including phenoxy) is 1. The number of hydrogen-bond acceptors (Lipinski definition) is 4. The van der Waals surface area contributed by atoms with E-state index in [-0.39, 0.29) is 18.2 Å². The van der Waals surface area contributed by atoms with Gasteiger partial charge in [0.05, 0.1) is 0 Å². The smallest absolute Gasteiger partial charge is 0.413 e. The van der Waals surface area contributed by atoms with E-state index in [0.717, 1.165) is 0 Å². The van der Waals surface area contributed by atoms with Gasteiger partial charge in [-0.1, -0.05) is 12.7 Å². The summed E-state index contributed by atoms with van der Waals surface area (Å²) in [6.07, 6.45) is 2.08. The molecular formula is C9H11N3O4. The van der Waals surface area contributed by atoms with Crippen molar-refractivity contribution in [1.82, 2.24) is 9.55 Å². The van der Waals surface area contributed by atoms with Crippen LogP contribution in [0.4, 0.5) is 10.6 Å². The third-order valence-corrected chi connectivity index (χ3v) is 1.63. The number of aromatic carboxylic acids is 1. The van der Waals surface area contributed by atoms with Crippen LogP contribution in [-0.4, -0.2) is 33.3 Å². The minimum Gasteiger partial charge on any atom is -0.475 e. The van der Waals surface area contributed by atoms with E-state index in [1.165, 1.54) is 23.9 Å². The molecule has 1 aromatic rings. The van der Waals surface area contributed by atoms with Crippen LogP contribution < -0.4 is 5.32 Å². The van der Waals surface area contributed by atoms with Gasteiger partial charge in [-0.05, 0) is 0 Å². The molecular weight excluding hydrogens is 214 g/mol. The molecule has 1 amide bonds. The Morgan fingerprint density at radius 1 is 1.75 bits per heavy atom. The molecule has 0 fully saturated rings. The van der Waals surface area contributed by atoms with Crippen molar-refractivity contribution in [3.05, 3.63) is 24.7 Å². The third-order valence-electron chi connectivity index (χ3n) is 1.63. The number of imidazole rings is 1. The Morgan fingerprint density at radius 3 is 2.94 bits per heavy atom. The van der Waals surface area contributed by atoms with Gasteiger partial charge in [0.15, 0.2) is 5.82 Å². The van der Waals surface area contributed by atoms with Crippen LogP contribution in [0.3, 0.4) is 0 Å². The maximum Gasteiger partial charge on any atom is 0.413 e. The highest BCUT2D eigenvalue weighted by molar-refractivity contribution is 5.87. The summed E-state index contributed by atoms with van der Waals surface area (Å²) < 4.78 is 5.92. The Labute approximate surface area is 91.4 Å². The van der Waals surface area contributed by atoms with Gasteiger partial charge in [-0.2, -0.15) is 0 Å². The first kappa shape index (κ1) is 11.8. The van der Waals surface area contributed by atoms with Crippen LogP contribution in [0.25, 0.3) is 0 Å². The molecule has 1 aromatic heterocycles. The zero-order chi connectivity index (χ0) is 12.1. The SMILES string of the molecule is C=CCOC(=O)Nc1cn(C)c(C(=O)O)n1. The summed E-state index contributed by atoms with van der Waals surface area (Å²) in [7, 11) is 1.51. The van der Waals surface area contributed by atoms with Gasteiger partial charge in [-0.15, -0.1) is 0 Å². The molecule has 0 aromatic carbocycles. The number of nitrogens with zero attached hydrogens (tertiary/aromatic N) is 2. The molecule has 0 spiro atoms. The number of aromatic nitrogens is 2. The van der Waals surface area contributed by atoms with E-state index in [9.17, 15) is 9.59 Å². The number of carbonyl (C=O) groups excluding carboxylic acids is 1. The predicted octanol–water partition coefficient (Wildman–Crippen LogP) is 0.853. The van der Waals surface area contributed by atoms with Gasteiger partial charge < -0.3 is 14.4 Å². The second-order valence-corrected chi connectivity index (χ2v) is 2.88. The molecule has 7 heteroatoms. The van der Waals surface area contributed by atoms with E-state index in [4.69, 9.17) is 5.11 Å². The highest BCUT2D eigenvalue weighted by Gasteiger charge is 2.13. The zero-order valence-electron chi connectivity index (χ0n) is 8.64. The number of hydrogen-bond donors (Lipinski definition) is 2. The summed E-state index contributed by atoms with van der Waals surface area (Å²) in [5.74, 6) is -1.22. The van der Waals surface area contributed by atoms with Crippen molar-refractivity contribution < 1.29 is 19.4 Å². The quantitative estimate of drug-likeness (QED) is 0.741. The second-order valence-electron chi connectivity index (χ2n) is 2.88. The van der Waals surface area contributed by atoms with Gasteiger partial charge in [-0.25, -0.2) is 14.6 Å². The van der Waals surface area contributed by atoms with Crippen molar-refractivity contribution in [2.75, 3.05) is 11.9 Å². The molecule has 0 unspecified atom stereocenters. The summed E-state index contributed by atoms with van der Waals surface area (Å²) in [6.45, 7) is 3.45. The molecule has 1 rings (SSSR count). The molecule has 0 atom stereocenters. The maximum absolute atomic E-state index is 11.1. The first-order valence-electron chi connectivity index (χ1n) is 4.36. The summed E-state index contributed by atoms with van der Waals surface area (Å²) in [6, 6.07) is 0. The van der Waals surface area contributed by atoms with Crippen LogP contribution in [0.5, 0.6) is 0 Å². The van der Waals surface area contributed by atoms with Crippen molar-refractivity contribution >= 4 is 17.9 Å². The van der Waals surface area contributed by atoms with Crippen LogP contribution in [0.2, 0.25) is 0 Å². The van der Waals surface area contributed by atoms with Crippen LogP contribution in [-0.2, 0) is 11.8 Å². The van der Waals surface area contributed by atoms with Crippen molar-refractivity contribution in [3.8, 4) is 0 Å². The Morgan fingerprint density at radius 2 is 2.44 bits per heavy atom. The topological polar surface area (TPSA) is 93.5 Å². The lowest BCUT2D eigenvalue weighted by molar-refractivity contribution is 0.0679. The molecule has 0 aliphatic heterocycles. The van der Waals surface area contributed by atoms with E-state index in [1.807, 2.05) is 0 Å². The Hall–Kier alpha value is -2.31. The van der Waals surface area contributed by atoms with Gasteiger partial charge in [0.1, 0.15) is 6.61 Å². The van der Waals surface area contributed by atoms with Crippen molar-refractivity contribution in [1.29, 1.82) is 0 Å². The lowest BCUT2D eigenvalue weighted by Gasteiger charge is -2.00. The lowest BCUT2D eigenvalue weighted by atomic mass is 10.6. The highest BCUT2D eigenvalue weighted by Crippen LogP contribution is 2.07. The molecule has 0 radical (unpaired) electrons. The van der Waals surface area contributed by atoms with Gasteiger partial charge in [0, 0.05) is 13.2 Å². The minimum absolute atomic E-state index is 0.0739. The van der Waals surface area contributed by atoms with Crippen LogP contribution >= 0.6 is 0 Å². The molecule has 1 heterocycles. The molecule has 0 saturated heterocycles. The van der Waals surface area contributed by atoms with Crippen LogP contribution in [0.1, 0.15) is 10.6 Å². The molecule has 0 aliphatic carbocycles. The molecule has 86 valence electrons. The first-order chi connectivity index (χ1) is 7.54. The largest absolute Gasteiger partial charge is 0.475 e. The second kappa shape index (κ2) is 4.96. The Bertz CT molecular complexity index is 424. The molecule has 0 aliphatic rings. The Kier molecular flexibility index (Phi) is 3.65. The fourth-order valence-electron chi connectivity index (χ4n) is 1.00. The average molecular weight is 225 g/mol. The monoisotopic (exact) mass is 225 g/mol. The molecule has 2 N–H and O–H groups in total. The molecule has 16 heavy (non-hydrogen) atoms. The van der Waals surface area contributed by atoms with Gasteiger partial charge in [0.2, 0.25) is 5.82 Å². The van der Waals surface area contributed by atoms with Crippen LogP contribution in [0.15, 0.2) is 18.9 Å². The predicted molar refractivity (Wildman–Crippen MR) is 55.3 cm³/mol. The van der Waals surface area contributed by atoms with Gasteiger partial charge in [0.25, 0.3) is 0 Å². The summed E-state index contributed by atoms with van der Waals surface area (Å²) in [5.41, 5.74) is 0. The number of carbonyl (C=O) groups is 2. The van der Waals surface area contributed by atoms with E-state index >= 15 is 0 Å². The number of anilines is 1. The van der Waals surface area contributed by atoms with E-state index in [0.29, 0.717) is 0 Å². The first-order valence-corrected chi connectivity index (χ1v) is 4.36. The number of aryl methyl sites for hydroxylation is 1. The Balaban J connectivity index is 2.68. The maximum atomic E-state index is 11.1. The molecule has 0 bridgehead atoms. The van der Waals surface area contributed by atoms with Crippen molar-refractivity contribution in [2.45, 2.75) is 0 Å². The number of carboxylic acids is 1. The summed E-state index contributed by atoms with van der Waals surface area (Å²) in [4.78, 5) is 25.4. The van der Waals surface area contributed by atoms with Crippen molar-refractivity contribution in [2.24, 2.45) is 7.05 Å². The van der Waals surface area contributed by atoms with E-state index in [1.54, 1.807) is 0 Å². The fraction of sp³-hybridized carbons (Fsp3) is 0.222. The average Bonchev–Trinajstić information content (AvgIpc) is 2.56. The lowest BCUT2D eigenvalue weighted by Crippen LogP contribution is -2.13. The standard InChI is InChI=1S/C9H11N3O4/c1-3-4-16-9(15)11-6-5-12(2)7(10-6)8(13)14/h3,5H,1,4H2,2H3,(H,11,15)(H,13,14). The number of amides is 1. The minimum atomic E-state index is -1.17. The molecule has 0 saturated carbocycles. The van der Waals surface area contributed by atoms with Gasteiger partial charge in [-0.3, -0.25) is 5.32 Å². The van der Waals surface area contributed by atoms with E-state index < -0.39 is 12.1 Å². The number of carboxylic acid groups (broad SMARTS) is 1. The van der Waals surface area contributed by atoms with E-state index in [2.05, 4.69) is 21.6 Å². The third kappa shape index (κ3) is 2.84. The summed E-state index contributed by atoms with van der Waals surface area (Å²) in [5, 5.41) is 11.0. The van der Waals surface area contributed by atoms with Crippen molar-refractivity contribution in [3.63, 3.8) is 0 Å².